The smallest absolute Gasteiger partial charge is 0.255 e. The highest BCUT2D eigenvalue weighted by Crippen LogP contribution is 2.27. The van der Waals surface area contributed by atoms with Crippen LogP contribution in [0, 0.1) is 0 Å². The second-order valence-electron chi connectivity index (χ2n) is 4.82. The van der Waals surface area contributed by atoms with Crippen LogP contribution in [0.3, 0.4) is 0 Å². The molecule has 0 saturated carbocycles. The number of ketones is 1. The van der Waals surface area contributed by atoms with Crippen LogP contribution in [0.4, 0.5) is 0 Å². The fourth-order valence-corrected chi connectivity index (χ4v) is 3.05. The van der Waals surface area contributed by atoms with Gasteiger partial charge in [-0.2, -0.15) is 0 Å². The van der Waals surface area contributed by atoms with Crippen molar-refractivity contribution in [2.75, 3.05) is 6.54 Å². The molecule has 0 radical (unpaired) electrons. The Morgan fingerprint density at radius 1 is 1.47 bits per heavy atom. The third-order valence-electron chi connectivity index (χ3n) is 3.32. The average Bonchev–Trinajstić information content (AvgIpc) is 2.78. The van der Waals surface area contributed by atoms with Crippen molar-refractivity contribution >= 4 is 39.2 Å². The largest absolute Gasteiger partial charge is 0.335 e. The Bertz CT molecular complexity index is 518. The lowest BCUT2D eigenvalue weighted by atomic mass is 10.1. The number of carbonyl (C=O) groups excluding carboxylic acids is 2. The first-order valence-corrected chi connectivity index (χ1v) is 7.41. The topological polar surface area (TPSA) is 37.4 Å². The summed E-state index contributed by atoms with van der Waals surface area (Å²) in [4.78, 5) is 25.6. The van der Waals surface area contributed by atoms with Crippen LogP contribution in [-0.2, 0) is 4.79 Å². The number of rotatable bonds is 3. The van der Waals surface area contributed by atoms with E-state index >= 15 is 0 Å². The quantitative estimate of drug-likeness (QED) is 0.838. The number of likely N-dealkylation sites (tertiary alicyclic amines) is 1. The molecule has 0 spiro atoms. The number of amides is 1. The number of halogens is 2. The summed E-state index contributed by atoms with van der Waals surface area (Å²) in [6.45, 7) is 2.27. The highest BCUT2D eigenvalue weighted by Gasteiger charge is 2.30. The normalized spacial score (nSPS) is 18.7. The van der Waals surface area contributed by atoms with Gasteiger partial charge in [-0.3, -0.25) is 9.59 Å². The minimum Gasteiger partial charge on any atom is -0.335 e. The molecule has 1 aromatic carbocycles. The molecule has 0 N–H and O–H groups in total. The van der Waals surface area contributed by atoms with Crippen molar-refractivity contribution in [3.8, 4) is 0 Å². The molecule has 5 heteroatoms. The number of benzene rings is 1. The minimum atomic E-state index is -0.0573. The number of hydrogen-bond donors (Lipinski definition) is 0. The molecule has 1 fully saturated rings. The molecular weight excluding hydrogens is 330 g/mol. The maximum atomic E-state index is 12.5. The van der Waals surface area contributed by atoms with Crippen molar-refractivity contribution in [1.29, 1.82) is 0 Å². The third kappa shape index (κ3) is 3.37. The molecule has 1 heterocycles. The van der Waals surface area contributed by atoms with Gasteiger partial charge in [0.1, 0.15) is 5.78 Å². The predicted octanol–water partition coefficient (Wildman–Crippen LogP) is 3.69. The Balaban J connectivity index is 2.23. The highest BCUT2D eigenvalue weighted by molar-refractivity contribution is 9.10. The number of Topliss-reactive ketones (excluding diaryl/α,β-unsaturated/α-hetero) is 1. The fourth-order valence-electron chi connectivity index (χ4n) is 2.46. The van der Waals surface area contributed by atoms with Gasteiger partial charge in [0.15, 0.2) is 0 Å². The van der Waals surface area contributed by atoms with Gasteiger partial charge in [0.25, 0.3) is 5.91 Å². The predicted molar refractivity (Wildman–Crippen MR) is 78.5 cm³/mol. The average molecular weight is 345 g/mol. The molecule has 1 aliphatic rings. The molecule has 1 atom stereocenters. The van der Waals surface area contributed by atoms with E-state index in [0.29, 0.717) is 23.6 Å². The van der Waals surface area contributed by atoms with Crippen LogP contribution in [0.25, 0.3) is 0 Å². The lowest BCUT2D eigenvalue weighted by Gasteiger charge is -2.24. The summed E-state index contributed by atoms with van der Waals surface area (Å²) in [5.41, 5.74) is 0.558. The Morgan fingerprint density at radius 3 is 2.89 bits per heavy atom. The van der Waals surface area contributed by atoms with Crippen molar-refractivity contribution < 1.29 is 9.59 Å². The minimum absolute atomic E-state index is 0.0240. The van der Waals surface area contributed by atoms with E-state index in [1.807, 2.05) is 0 Å². The molecule has 1 aliphatic heterocycles. The lowest BCUT2D eigenvalue weighted by Crippen LogP contribution is -2.36. The van der Waals surface area contributed by atoms with Crippen molar-refractivity contribution in [3.05, 3.63) is 33.3 Å². The van der Waals surface area contributed by atoms with Crippen LogP contribution in [0.5, 0.6) is 0 Å². The maximum absolute atomic E-state index is 12.5. The molecule has 1 aromatic rings. The maximum Gasteiger partial charge on any atom is 0.255 e. The van der Waals surface area contributed by atoms with Crippen molar-refractivity contribution in [1.82, 2.24) is 4.90 Å². The molecule has 0 aromatic heterocycles. The summed E-state index contributed by atoms with van der Waals surface area (Å²) < 4.78 is 0.732. The van der Waals surface area contributed by atoms with Crippen LogP contribution in [0.2, 0.25) is 5.02 Å². The molecule has 1 saturated heterocycles. The Kier molecular flexibility index (Phi) is 4.63. The van der Waals surface area contributed by atoms with Crippen LogP contribution in [-0.4, -0.2) is 29.2 Å². The Morgan fingerprint density at radius 2 is 2.21 bits per heavy atom. The molecule has 102 valence electrons. The molecular formula is C14H15BrClNO2. The van der Waals surface area contributed by atoms with Gasteiger partial charge in [-0.15, -0.1) is 0 Å². The van der Waals surface area contributed by atoms with Gasteiger partial charge >= 0.3 is 0 Å². The van der Waals surface area contributed by atoms with Gasteiger partial charge in [0.2, 0.25) is 0 Å². The monoisotopic (exact) mass is 343 g/mol. The molecule has 3 nitrogen and oxygen atoms in total. The van der Waals surface area contributed by atoms with Crippen LogP contribution in [0.1, 0.15) is 36.5 Å². The molecule has 1 unspecified atom stereocenters. The first kappa shape index (κ1) is 14.5. The van der Waals surface area contributed by atoms with E-state index in [2.05, 4.69) is 15.9 Å². The summed E-state index contributed by atoms with van der Waals surface area (Å²) in [6, 6.07) is 5.19. The highest BCUT2D eigenvalue weighted by atomic mass is 79.9. The van der Waals surface area contributed by atoms with Crippen molar-refractivity contribution in [2.24, 2.45) is 0 Å². The third-order valence-corrected chi connectivity index (χ3v) is 4.25. The number of carbonyl (C=O) groups is 2. The summed E-state index contributed by atoms with van der Waals surface area (Å²) >= 11 is 9.32. The zero-order valence-electron chi connectivity index (χ0n) is 10.7. The SMILES string of the molecule is CC(=O)CC1CCCN1C(=O)c1cc(Cl)ccc1Br. The van der Waals surface area contributed by atoms with E-state index in [-0.39, 0.29) is 17.7 Å². The standard InChI is InChI=1S/C14H15BrClNO2/c1-9(18)7-11-3-2-6-17(11)14(19)12-8-10(16)4-5-13(12)15/h4-5,8,11H,2-3,6-7H2,1H3. The van der Waals surface area contributed by atoms with Gasteiger partial charge < -0.3 is 4.90 Å². The second-order valence-corrected chi connectivity index (χ2v) is 6.12. The van der Waals surface area contributed by atoms with Crippen LogP contribution in [0.15, 0.2) is 22.7 Å². The van der Waals surface area contributed by atoms with E-state index in [9.17, 15) is 9.59 Å². The van der Waals surface area contributed by atoms with Gasteiger partial charge in [-0.05, 0) is 53.9 Å². The van der Waals surface area contributed by atoms with Crippen LogP contribution >= 0.6 is 27.5 Å². The van der Waals surface area contributed by atoms with Gasteiger partial charge in [-0.25, -0.2) is 0 Å². The van der Waals surface area contributed by atoms with E-state index in [1.54, 1.807) is 30.0 Å². The zero-order valence-corrected chi connectivity index (χ0v) is 13.0. The first-order chi connectivity index (χ1) is 8.99. The zero-order chi connectivity index (χ0) is 14.0. The van der Waals surface area contributed by atoms with Gasteiger partial charge in [0, 0.05) is 28.5 Å². The molecule has 1 amide bonds. The summed E-state index contributed by atoms with van der Waals surface area (Å²) in [7, 11) is 0. The lowest BCUT2D eigenvalue weighted by molar-refractivity contribution is -0.117. The van der Waals surface area contributed by atoms with E-state index in [4.69, 9.17) is 11.6 Å². The Hall–Kier alpha value is -0.870. The van der Waals surface area contributed by atoms with Crippen LogP contribution < -0.4 is 0 Å². The fraction of sp³-hybridized carbons (Fsp3) is 0.429. The summed E-state index contributed by atoms with van der Waals surface area (Å²) in [6.07, 6.45) is 2.27. The Labute approximate surface area is 126 Å². The molecule has 0 bridgehead atoms. The first-order valence-electron chi connectivity index (χ1n) is 6.24. The van der Waals surface area contributed by atoms with E-state index in [1.165, 1.54) is 0 Å². The molecule has 2 rings (SSSR count). The van der Waals surface area contributed by atoms with Crippen molar-refractivity contribution in [3.63, 3.8) is 0 Å². The van der Waals surface area contributed by atoms with Crippen molar-refractivity contribution in [2.45, 2.75) is 32.2 Å². The van der Waals surface area contributed by atoms with E-state index in [0.717, 1.165) is 17.3 Å². The molecule has 0 aliphatic carbocycles. The number of nitrogens with zero attached hydrogens (tertiary/aromatic N) is 1. The van der Waals surface area contributed by atoms with E-state index < -0.39 is 0 Å². The summed E-state index contributed by atoms with van der Waals surface area (Å²) in [5, 5.41) is 0.536. The van der Waals surface area contributed by atoms with Gasteiger partial charge in [0.05, 0.1) is 5.56 Å². The second kappa shape index (κ2) is 6.06. The number of hydrogen-bond acceptors (Lipinski definition) is 2. The van der Waals surface area contributed by atoms with Gasteiger partial charge in [-0.1, -0.05) is 11.6 Å². The summed E-state index contributed by atoms with van der Waals surface area (Å²) in [5.74, 6) is 0.0629. The molecule has 19 heavy (non-hydrogen) atoms.